The molecule has 1 aromatic heterocycles. The molecular weight excluding hydrogens is 338 g/mol. The Labute approximate surface area is 151 Å². The van der Waals surface area contributed by atoms with Gasteiger partial charge in [0.15, 0.2) is 0 Å². The fourth-order valence-electron chi connectivity index (χ4n) is 2.88. The molecule has 0 radical (unpaired) electrons. The van der Waals surface area contributed by atoms with Crippen LogP contribution in [0, 0.1) is 5.92 Å². The van der Waals surface area contributed by atoms with Crippen molar-refractivity contribution in [2.45, 2.75) is 31.9 Å². The Morgan fingerprint density at radius 1 is 1.36 bits per heavy atom. The number of nitrogens with zero attached hydrogens (tertiary/aromatic N) is 3. The summed E-state index contributed by atoms with van der Waals surface area (Å²) in [6.07, 6.45) is 2.28. The van der Waals surface area contributed by atoms with Crippen molar-refractivity contribution in [1.29, 1.82) is 0 Å². The van der Waals surface area contributed by atoms with Crippen LogP contribution in [0.3, 0.4) is 0 Å². The van der Waals surface area contributed by atoms with Gasteiger partial charge in [-0.05, 0) is 49.9 Å². The number of carbonyl (C=O) groups is 1. The van der Waals surface area contributed by atoms with Crippen LogP contribution >= 0.6 is 11.8 Å². The lowest BCUT2D eigenvalue weighted by Gasteiger charge is -2.30. The smallest absolute Gasteiger partial charge is 0.277 e. The molecule has 1 aliphatic heterocycles. The predicted octanol–water partition coefficient (Wildman–Crippen LogP) is 3.49. The summed E-state index contributed by atoms with van der Waals surface area (Å²) in [5.41, 5.74) is 0.832. The van der Waals surface area contributed by atoms with Gasteiger partial charge in [0, 0.05) is 18.7 Å². The third-order valence-corrected chi connectivity index (χ3v) is 4.95. The van der Waals surface area contributed by atoms with E-state index in [9.17, 15) is 4.79 Å². The third kappa shape index (κ3) is 4.75. The number of piperidine rings is 1. The number of rotatable bonds is 6. The van der Waals surface area contributed by atoms with Crippen LogP contribution < -0.4 is 4.74 Å². The van der Waals surface area contributed by atoms with Gasteiger partial charge in [-0.15, -0.1) is 10.2 Å². The van der Waals surface area contributed by atoms with Crippen LogP contribution in [0.2, 0.25) is 0 Å². The Balaban J connectivity index is 1.55. The molecule has 25 heavy (non-hydrogen) atoms. The summed E-state index contributed by atoms with van der Waals surface area (Å²) in [6, 6.07) is 7.51. The molecule has 1 amide bonds. The van der Waals surface area contributed by atoms with Gasteiger partial charge in [-0.1, -0.05) is 18.7 Å². The van der Waals surface area contributed by atoms with Crippen LogP contribution in [-0.2, 0) is 4.79 Å². The Hall–Kier alpha value is -2.02. The van der Waals surface area contributed by atoms with E-state index in [2.05, 4.69) is 17.1 Å². The van der Waals surface area contributed by atoms with Crippen molar-refractivity contribution >= 4 is 17.7 Å². The molecule has 1 aromatic carbocycles. The Morgan fingerprint density at radius 3 is 2.88 bits per heavy atom. The van der Waals surface area contributed by atoms with Gasteiger partial charge in [0.2, 0.25) is 11.8 Å². The van der Waals surface area contributed by atoms with Gasteiger partial charge in [0.05, 0.1) is 12.4 Å². The van der Waals surface area contributed by atoms with Gasteiger partial charge in [-0.25, -0.2) is 0 Å². The van der Waals surface area contributed by atoms with Gasteiger partial charge in [-0.3, -0.25) is 4.79 Å². The summed E-state index contributed by atoms with van der Waals surface area (Å²) in [5.74, 6) is 2.30. The lowest BCUT2D eigenvalue weighted by atomic mass is 10.0. The number of carbonyl (C=O) groups excluding carboxylic acids is 1. The van der Waals surface area contributed by atoms with E-state index in [1.54, 1.807) is 0 Å². The highest BCUT2D eigenvalue weighted by atomic mass is 32.2. The molecule has 134 valence electrons. The second kappa shape index (κ2) is 8.38. The highest BCUT2D eigenvalue weighted by Gasteiger charge is 2.21. The summed E-state index contributed by atoms with van der Waals surface area (Å²) >= 11 is 1.29. The van der Waals surface area contributed by atoms with Crippen molar-refractivity contribution < 1.29 is 13.9 Å². The molecule has 7 heteroatoms. The van der Waals surface area contributed by atoms with Gasteiger partial charge >= 0.3 is 0 Å². The standard InChI is InChI=1S/C18H23N3O3S/c1-3-23-15-8-6-14(7-9-15)17-19-20-18(24-17)25-12-16(22)21-10-4-5-13(2)11-21/h6-9,13H,3-5,10-12H2,1-2H3. The molecular formula is C18H23N3O3S. The molecule has 1 atom stereocenters. The van der Waals surface area contributed by atoms with Crippen molar-refractivity contribution in [2.24, 2.45) is 5.92 Å². The average Bonchev–Trinajstić information content (AvgIpc) is 3.09. The minimum atomic E-state index is 0.136. The summed E-state index contributed by atoms with van der Waals surface area (Å²) in [6.45, 7) is 6.46. The molecule has 1 aliphatic rings. The SMILES string of the molecule is CCOc1ccc(-c2nnc(SCC(=O)N3CCCC(C)C3)o2)cc1. The third-order valence-electron chi connectivity index (χ3n) is 4.15. The normalized spacial score (nSPS) is 17.5. The topological polar surface area (TPSA) is 68.5 Å². The molecule has 0 N–H and O–H groups in total. The van der Waals surface area contributed by atoms with Crippen molar-refractivity contribution in [2.75, 3.05) is 25.4 Å². The van der Waals surface area contributed by atoms with Crippen LogP contribution in [0.1, 0.15) is 26.7 Å². The van der Waals surface area contributed by atoms with E-state index in [0.29, 0.717) is 29.4 Å². The number of thioether (sulfide) groups is 1. The maximum Gasteiger partial charge on any atom is 0.277 e. The second-order valence-electron chi connectivity index (χ2n) is 6.21. The fraction of sp³-hybridized carbons (Fsp3) is 0.500. The summed E-state index contributed by atoms with van der Waals surface area (Å²) in [4.78, 5) is 14.2. The largest absolute Gasteiger partial charge is 0.494 e. The maximum absolute atomic E-state index is 12.3. The monoisotopic (exact) mass is 361 g/mol. The van der Waals surface area contributed by atoms with Gasteiger partial charge in [0.1, 0.15) is 5.75 Å². The average molecular weight is 361 g/mol. The van der Waals surface area contributed by atoms with Crippen LogP contribution in [-0.4, -0.2) is 46.5 Å². The van der Waals surface area contributed by atoms with Gasteiger partial charge in [-0.2, -0.15) is 0 Å². The lowest BCUT2D eigenvalue weighted by Crippen LogP contribution is -2.40. The van der Waals surface area contributed by atoms with E-state index in [-0.39, 0.29) is 5.91 Å². The molecule has 1 unspecified atom stereocenters. The number of amides is 1. The van der Waals surface area contributed by atoms with Crippen LogP contribution in [0.5, 0.6) is 5.75 Å². The van der Waals surface area contributed by atoms with Gasteiger partial charge < -0.3 is 14.1 Å². The molecule has 6 nitrogen and oxygen atoms in total. The Morgan fingerprint density at radius 2 is 2.16 bits per heavy atom. The van der Waals surface area contributed by atoms with Crippen molar-refractivity contribution in [3.63, 3.8) is 0 Å². The first-order chi connectivity index (χ1) is 12.2. The maximum atomic E-state index is 12.3. The number of benzene rings is 1. The predicted molar refractivity (Wildman–Crippen MR) is 96.6 cm³/mol. The zero-order valence-corrected chi connectivity index (χ0v) is 15.4. The van der Waals surface area contributed by atoms with Crippen molar-refractivity contribution in [1.82, 2.24) is 15.1 Å². The first kappa shape index (κ1) is 17.8. The molecule has 1 saturated heterocycles. The van der Waals surface area contributed by atoms with E-state index in [1.807, 2.05) is 36.1 Å². The minimum absolute atomic E-state index is 0.136. The van der Waals surface area contributed by atoms with Crippen LogP contribution in [0.4, 0.5) is 0 Å². The molecule has 2 aromatic rings. The van der Waals surface area contributed by atoms with Gasteiger partial charge in [0.25, 0.3) is 5.22 Å². The molecule has 1 fully saturated rings. The van der Waals surface area contributed by atoms with E-state index >= 15 is 0 Å². The number of aromatic nitrogens is 2. The first-order valence-electron chi connectivity index (χ1n) is 8.63. The Kier molecular flexibility index (Phi) is 5.96. The molecule has 0 aliphatic carbocycles. The van der Waals surface area contributed by atoms with Crippen LogP contribution in [0.25, 0.3) is 11.5 Å². The van der Waals surface area contributed by atoms with E-state index in [1.165, 1.54) is 18.2 Å². The van der Waals surface area contributed by atoms with Crippen LogP contribution in [0.15, 0.2) is 33.9 Å². The molecule has 0 spiro atoms. The molecule has 0 saturated carbocycles. The number of hydrogen-bond acceptors (Lipinski definition) is 6. The highest BCUT2D eigenvalue weighted by molar-refractivity contribution is 7.99. The minimum Gasteiger partial charge on any atom is -0.494 e. The van der Waals surface area contributed by atoms with E-state index in [0.717, 1.165) is 30.8 Å². The Bertz CT molecular complexity index is 702. The van der Waals surface area contributed by atoms with Crippen molar-refractivity contribution in [3.05, 3.63) is 24.3 Å². The first-order valence-corrected chi connectivity index (χ1v) is 9.61. The van der Waals surface area contributed by atoms with E-state index < -0.39 is 0 Å². The zero-order chi connectivity index (χ0) is 17.6. The summed E-state index contributed by atoms with van der Waals surface area (Å²) < 4.78 is 11.1. The quantitative estimate of drug-likeness (QED) is 0.734. The highest BCUT2D eigenvalue weighted by Crippen LogP contribution is 2.25. The number of hydrogen-bond donors (Lipinski definition) is 0. The number of ether oxygens (including phenoxy) is 1. The summed E-state index contributed by atoms with van der Waals surface area (Å²) in [7, 11) is 0. The fourth-order valence-corrected chi connectivity index (χ4v) is 3.54. The molecule has 2 heterocycles. The molecule has 0 bridgehead atoms. The van der Waals surface area contributed by atoms with E-state index in [4.69, 9.17) is 9.15 Å². The number of likely N-dealkylation sites (tertiary alicyclic amines) is 1. The van der Waals surface area contributed by atoms with Crippen molar-refractivity contribution in [3.8, 4) is 17.2 Å². The lowest BCUT2D eigenvalue weighted by molar-refractivity contribution is -0.130. The molecule has 3 rings (SSSR count). The zero-order valence-electron chi connectivity index (χ0n) is 14.6. The summed E-state index contributed by atoms with van der Waals surface area (Å²) in [5, 5.41) is 8.51. The second-order valence-corrected chi connectivity index (χ2v) is 7.13.